The zero-order chi connectivity index (χ0) is 14.0. The monoisotopic (exact) mass is 292 g/mol. The second kappa shape index (κ2) is 6.05. The highest BCUT2D eigenvalue weighted by Crippen LogP contribution is 2.24. The Morgan fingerprint density at radius 3 is 2.63 bits per heavy atom. The number of aliphatic hydroxyl groups excluding tert-OH is 1. The molecule has 2 aliphatic heterocycles. The largest absolute Gasteiger partial charge is 0.394 e. The summed E-state index contributed by atoms with van der Waals surface area (Å²) in [6.07, 6.45) is 2.33. The molecule has 0 aromatic rings. The second-order valence-corrected chi connectivity index (χ2v) is 7.41. The molecule has 2 rings (SSSR count). The minimum absolute atomic E-state index is 0.0597. The van der Waals surface area contributed by atoms with Gasteiger partial charge in [-0.3, -0.25) is 0 Å². The fourth-order valence-electron chi connectivity index (χ4n) is 2.86. The lowest BCUT2D eigenvalue weighted by Gasteiger charge is -2.40. The predicted octanol–water partition coefficient (Wildman–Crippen LogP) is 0.187. The van der Waals surface area contributed by atoms with Crippen molar-refractivity contribution in [3.8, 4) is 0 Å². The van der Waals surface area contributed by atoms with Crippen LogP contribution in [-0.2, 0) is 14.9 Å². The van der Waals surface area contributed by atoms with Crippen LogP contribution >= 0.6 is 0 Å². The first-order chi connectivity index (χ1) is 8.95. The van der Waals surface area contributed by atoms with Gasteiger partial charge >= 0.3 is 0 Å². The summed E-state index contributed by atoms with van der Waals surface area (Å²) in [7, 11) is -3.43. The summed E-state index contributed by atoms with van der Waals surface area (Å²) < 4.78 is 33.9. The van der Waals surface area contributed by atoms with E-state index < -0.39 is 16.3 Å². The fraction of sp³-hybridized carbons (Fsp3) is 1.00. The third-order valence-corrected chi connectivity index (χ3v) is 5.95. The zero-order valence-electron chi connectivity index (χ0n) is 11.7. The van der Waals surface area contributed by atoms with Crippen molar-refractivity contribution in [1.82, 2.24) is 8.61 Å². The molecule has 2 aliphatic rings. The Morgan fingerprint density at radius 2 is 2.00 bits per heavy atom. The first kappa shape index (κ1) is 15.2. The van der Waals surface area contributed by atoms with Crippen LogP contribution in [0.3, 0.4) is 0 Å². The van der Waals surface area contributed by atoms with Crippen LogP contribution in [0, 0.1) is 0 Å². The van der Waals surface area contributed by atoms with Crippen molar-refractivity contribution in [2.45, 2.75) is 51.4 Å². The molecule has 3 atom stereocenters. The van der Waals surface area contributed by atoms with E-state index in [1.807, 2.05) is 13.8 Å². The highest BCUT2D eigenvalue weighted by atomic mass is 32.2. The highest BCUT2D eigenvalue weighted by Gasteiger charge is 2.38. The molecule has 112 valence electrons. The molecular weight excluding hydrogens is 268 g/mol. The summed E-state index contributed by atoms with van der Waals surface area (Å²) in [4.78, 5) is 0. The smallest absolute Gasteiger partial charge is 0.282 e. The van der Waals surface area contributed by atoms with Crippen LogP contribution in [0.2, 0.25) is 0 Å². The minimum atomic E-state index is -3.43. The maximum atomic E-state index is 12.7. The molecule has 6 nitrogen and oxygen atoms in total. The van der Waals surface area contributed by atoms with Gasteiger partial charge < -0.3 is 9.84 Å². The van der Waals surface area contributed by atoms with Crippen LogP contribution in [0.4, 0.5) is 0 Å². The van der Waals surface area contributed by atoms with Gasteiger partial charge in [-0.15, -0.1) is 0 Å². The van der Waals surface area contributed by atoms with Gasteiger partial charge in [-0.25, -0.2) is 0 Å². The Morgan fingerprint density at radius 1 is 1.26 bits per heavy atom. The van der Waals surface area contributed by atoms with Crippen molar-refractivity contribution >= 4 is 10.2 Å². The standard InChI is InChI=1S/C12H24N2O4S/c1-10-5-3-4-6-14(10)19(16,17)13-7-11(2)18-12(8-13)9-15/h10-12,15H,3-9H2,1-2H3. The van der Waals surface area contributed by atoms with Crippen molar-refractivity contribution in [3.63, 3.8) is 0 Å². The number of ether oxygens (including phenoxy) is 1. The van der Waals surface area contributed by atoms with Crippen LogP contribution in [0.1, 0.15) is 33.1 Å². The topological polar surface area (TPSA) is 70.1 Å². The summed E-state index contributed by atoms with van der Waals surface area (Å²) in [6.45, 7) is 4.85. The second-order valence-electron chi connectivity index (χ2n) is 5.53. The zero-order valence-corrected chi connectivity index (χ0v) is 12.5. The summed E-state index contributed by atoms with van der Waals surface area (Å²) in [5, 5.41) is 9.19. The van der Waals surface area contributed by atoms with E-state index >= 15 is 0 Å². The van der Waals surface area contributed by atoms with Gasteiger partial charge in [0.2, 0.25) is 0 Å². The van der Waals surface area contributed by atoms with Gasteiger partial charge in [0.15, 0.2) is 0 Å². The van der Waals surface area contributed by atoms with Crippen molar-refractivity contribution in [2.75, 3.05) is 26.2 Å². The van der Waals surface area contributed by atoms with Crippen LogP contribution in [0.5, 0.6) is 0 Å². The molecule has 0 radical (unpaired) electrons. The number of morpholine rings is 1. The first-order valence-electron chi connectivity index (χ1n) is 6.98. The number of hydrogen-bond donors (Lipinski definition) is 1. The molecule has 1 N–H and O–H groups in total. The molecule has 0 bridgehead atoms. The summed E-state index contributed by atoms with van der Waals surface area (Å²) >= 11 is 0. The molecule has 19 heavy (non-hydrogen) atoms. The Labute approximate surface area is 115 Å². The maximum absolute atomic E-state index is 12.7. The van der Waals surface area contributed by atoms with Crippen molar-refractivity contribution in [2.24, 2.45) is 0 Å². The fourth-order valence-corrected chi connectivity index (χ4v) is 4.82. The molecule has 3 unspecified atom stereocenters. The minimum Gasteiger partial charge on any atom is -0.394 e. The van der Waals surface area contributed by atoms with E-state index in [1.165, 1.54) is 4.31 Å². The first-order valence-corrected chi connectivity index (χ1v) is 8.38. The number of hydrogen-bond acceptors (Lipinski definition) is 4. The van der Waals surface area contributed by atoms with Gasteiger partial charge in [-0.05, 0) is 26.7 Å². The van der Waals surface area contributed by atoms with E-state index in [-0.39, 0.29) is 25.3 Å². The number of aliphatic hydroxyl groups is 1. The third-order valence-electron chi connectivity index (χ3n) is 3.86. The number of rotatable bonds is 3. The average Bonchev–Trinajstić information content (AvgIpc) is 2.38. The number of nitrogens with zero attached hydrogens (tertiary/aromatic N) is 2. The lowest BCUT2D eigenvalue weighted by molar-refractivity contribution is -0.0764. The lowest BCUT2D eigenvalue weighted by atomic mass is 10.1. The van der Waals surface area contributed by atoms with Gasteiger partial charge in [-0.2, -0.15) is 17.0 Å². The van der Waals surface area contributed by atoms with Gasteiger partial charge in [0.1, 0.15) is 0 Å². The van der Waals surface area contributed by atoms with Gasteiger partial charge in [0.25, 0.3) is 10.2 Å². The molecule has 0 aromatic heterocycles. The van der Waals surface area contributed by atoms with Gasteiger partial charge in [-0.1, -0.05) is 6.42 Å². The van der Waals surface area contributed by atoms with Crippen LogP contribution < -0.4 is 0 Å². The average molecular weight is 292 g/mol. The summed E-state index contributed by atoms with van der Waals surface area (Å²) in [5.74, 6) is 0. The molecule has 0 amide bonds. The molecule has 0 saturated carbocycles. The quantitative estimate of drug-likeness (QED) is 0.806. The van der Waals surface area contributed by atoms with Gasteiger partial charge in [0, 0.05) is 25.7 Å². The van der Waals surface area contributed by atoms with E-state index in [2.05, 4.69) is 0 Å². The Hall–Kier alpha value is -0.210. The lowest BCUT2D eigenvalue weighted by Crippen LogP contribution is -2.56. The van der Waals surface area contributed by atoms with Crippen molar-refractivity contribution in [3.05, 3.63) is 0 Å². The SMILES string of the molecule is CC1CN(S(=O)(=O)N2CCCCC2C)CC(CO)O1. The van der Waals surface area contributed by atoms with E-state index in [0.717, 1.165) is 19.3 Å². The normalized spacial score (nSPS) is 35.4. The Kier molecular flexibility index (Phi) is 4.84. The predicted molar refractivity (Wildman–Crippen MR) is 71.9 cm³/mol. The van der Waals surface area contributed by atoms with E-state index in [0.29, 0.717) is 13.1 Å². The molecule has 2 heterocycles. The van der Waals surface area contributed by atoms with Crippen LogP contribution in [0.25, 0.3) is 0 Å². The van der Waals surface area contributed by atoms with E-state index in [1.54, 1.807) is 4.31 Å². The van der Waals surface area contributed by atoms with Gasteiger partial charge in [0.05, 0.1) is 18.8 Å². The highest BCUT2D eigenvalue weighted by molar-refractivity contribution is 7.86. The van der Waals surface area contributed by atoms with E-state index in [9.17, 15) is 13.5 Å². The molecule has 0 aromatic carbocycles. The molecule has 0 aliphatic carbocycles. The Bertz CT molecular complexity index is 401. The van der Waals surface area contributed by atoms with E-state index in [4.69, 9.17) is 4.74 Å². The molecule has 2 fully saturated rings. The number of piperidine rings is 1. The molecule has 2 saturated heterocycles. The summed E-state index contributed by atoms with van der Waals surface area (Å²) in [6, 6.07) is 0.0597. The molecular formula is C12H24N2O4S. The summed E-state index contributed by atoms with van der Waals surface area (Å²) in [5.41, 5.74) is 0. The van der Waals surface area contributed by atoms with Crippen LogP contribution in [-0.4, -0.2) is 66.6 Å². The van der Waals surface area contributed by atoms with Crippen molar-refractivity contribution in [1.29, 1.82) is 0 Å². The maximum Gasteiger partial charge on any atom is 0.282 e. The Balaban J connectivity index is 2.13. The van der Waals surface area contributed by atoms with Crippen molar-refractivity contribution < 1.29 is 18.3 Å². The van der Waals surface area contributed by atoms with Crippen LogP contribution in [0.15, 0.2) is 0 Å². The third kappa shape index (κ3) is 3.28. The molecule has 0 spiro atoms. The molecule has 7 heteroatoms.